The minimum Gasteiger partial charge on any atom is -0.398 e. The van der Waals surface area contributed by atoms with Crippen molar-refractivity contribution in [1.29, 1.82) is 0 Å². The molecule has 0 saturated carbocycles. The third kappa shape index (κ3) is 2.44. The Balaban J connectivity index is 2.24. The Hall–Kier alpha value is -1.66. The number of carbonyl (C=O) groups excluding carboxylic acids is 1. The van der Waals surface area contributed by atoms with E-state index in [1.54, 1.807) is 11.0 Å². The molecule has 1 amide bonds. The van der Waals surface area contributed by atoms with Crippen molar-refractivity contribution in [3.8, 4) is 0 Å². The SMILES string of the molecule is Cc1cc(N)c(C(=O)N2CCOCC2CO)cn1. The number of nitrogens with two attached hydrogens (primary N) is 1. The Morgan fingerprint density at radius 3 is 3.17 bits per heavy atom. The van der Waals surface area contributed by atoms with E-state index in [2.05, 4.69) is 4.98 Å². The lowest BCUT2D eigenvalue weighted by molar-refractivity contribution is -0.0183. The Kier molecular flexibility index (Phi) is 3.78. The molecular formula is C12H17N3O3. The molecule has 18 heavy (non-hydrogen) atoms. The number of carbonyl (C=O) groups is 1. The van der Waals surface area contributed by atoms with Crippen LogP contribution in [0, 0.1) is 6.92 Å². The second-order valence-electron chi connectivity index (χ2n) is 4.32. The number of amides is 1. The second-order valence-corrected chi connectivity index (χ2v) is 4.32. The van der Waals surface area contributed by atoms with Crippen LogP contribution in [0.4, 0.5) is 5.69 Å². The quantitative estimate of drug-likeness (QED) is 0.760. The number of nitrogens with zero attached hydrogens (tertiary/aromatic N) is 2. The maximum absolute atomic E-state index is 12.3. The minimum atomic E-state index is -0.313. The number of aliphatic hydroxyl groups excluding tert-OH is 1. The summed E-state index contributed by atoms with van der Waals surface area (Å²) in [5.74, 6) is -0.206. The average molecular weight is 251 g/mol. The first-order valence-corrected chi connectivity index (χ1v) is 5.85. The molecule has 1 fully saturated rings. The molecule has 1 aliphatic heterocycles. The molecule has 2 rings (SSSR count). The van der Waals surface area contributed by atoms with Crippen molar-refractivity contribution < 1.29 is 14.6 Å². The summed E-state index contributed by atoms with van der Waals surface area (Å²) in [6.45, 7) is 2.97. The zero-order chi connectivity index (χ0) is 13.1. The van der Waals surface area contributed by atoms with Gasteiger partial charge in [0.05, 0.1) is 31.4 Å². The number of aromatic nitrogens is 1. The molecule has 1 aromatic rings. The van der Waals surface area contributed by atoms with Gasteiger partial charge in [0.1, 0.15) is 0 Å². The Morgan fingerprint density at radius 2 is 2.50 bits per heavy atom. The molecule has 1 aliphatic rings. The summed E-state index contributed by atoms with van der Waals surface area (Å²) in [6, 6.07) is 1.36. The Bertz CT molecular complexity index is 450. The molecule has 1 aromatic heterocycles. The van der Waals surface area contributed by atoms with Crippen molar-refractivity contribution in [3.63, 3.8) is 0 Å². The van der Waals surface area contributed by atoms with E-state index in [1.807, 2.05) is 6.92 Å². The second kappa shape index (κ2) is 5.32. The molecule has 3 N–H and O–H groups in total. The zero-order valence-electron chi connectivity index (χ0n) is 10.3. The largest absolute Gasteiger partial charge is 0.398 e. The summed E-state index contributed by atoms with van der Waals surface area (Å²) >= 11 is 0. The van der Waals surface area contributed by atoms with Gasteiger partial charge in [-0.15, -0.1) is 0 Å². The summed E-state index contributed by atoms with van der Waals surface area (Å²) in [4.78, 5) is 18.0. The van der Waals surface area contributed by atoms with Gasteiger partial charge in [-0.1, -0.05) is 0 Å². The smallest absolute Gasteiger partial charge is 0.258 e. The van der Waals surface area contributed by atoms with Crippen molar-refractivity contribution >= 4 is 11.6 Å². The fourth-order valence-electron chi connectivity index (χ4n) is 1.99. The fraction of sp³-hybridized carbons (Fsp3) is 0.500. The van der Waals surface area contributed by atoms with Gasteiger partial charge in [-0.3, -0.25) is 9.78 Å². The van der Waals surface area contributed by atoms with Gasteiger partial charge in [0.15, 0.2) is 0 Å². The topological polar surface area (TPSA) is 88.7 Å². The number of anilines is 1. The van der Waals surface area contributed by atoms with Crippen molar-refractivity contribution in [2.45, 2.75) is 13.0 Å². The molecule has 1 unspecified atom stereocenters. The minimum absolute atomic E-state index is 0.120. The molecule has 1 atom stereocenters. The molecule has 2 heterocycles. The highest BCUT2D eigenvalue weighted by Crippen LogP contribution is 2.17. The van der Waals surface area contributed by atoms with Crippen LogP contribution in [0.25, 0.3) is 0 Å². The lowest BCUT2D eigenvalue weighted by Crippen LogP contribution is -2.50. The van der Waals surface area contributed by atoms with Crippen LogP contribution in [0.3, 0.4) is 0 Å². The summed E-state index contributed by atoms with van der Waals surface area (Å²) in [5.41, 5.74) is 7.39. The predicted molar refractivity (Wildman–Crippen MR) is 66.1 cm³/mol. The summed E-state index contributed by atoms with van der Waals surface area (Å²) in [5, 5.41) is 9.25. The van der Waals surface area contributed by atoms with Crippen LogP contribution in [0.2, 0.25) is 0 Å². The van der Waals surface area contributed by atoms with E-state index >= 15 is 0 Å². The van der Waals surface area contributed by atoms with Crippen molar-refractivity contribution in [1.82, 2.24) is 9.88 Å². The van der Waals surface area contributed by atoms with E-state index in [0.717, 1.165) is 5.69 Å². The maximum Gasteiger partial charge on any atom is 0.258 e. The maximum atomic E-state index is 12.3. The number of pyridine rings is 1. The molecule has 0 spiro atoms. The first-order valence-electron chi connectivity index (χ1n) is 5.85. The zero-order valence-corrected chi connectivity index (χ0v) is 10.3. The molecule has 0 radical (unpaired) electrons. The van der Waals surface area contributed by atoms with Crippen molar-refractivity contribution in [2.75, 3.05) is 32.1 Å². The average Bonchev–Trinajstić information content (AvgIpc) is 2.38. The number of aryl methyl sites for hydroxylation is 1. The van der Waals surface area contributed by atoms with E-state index < -0.39 is 0 Å². The summed E-state index contributed by atoms with van der Waals surface area (Å²) in [7, 11) is 0. The monoisotopic (exact) mass is 251 g/mol. The number of rotatable bonds is 2. The molecule has 0 bridgehead atoms. The van der Waals surface area contributed by atoms with E-state index in [1.165, 1.54) is 6.20 Å². The number of nitrogen functional groups attached to an aromatic ring is 1. The van der Waals surface area contributed by atoms with Gasteiger partial charge < -0.3 is 20.5 Å². The van der Waals surface area contributed by atoms with E-state index in [9.17, 15) is 9.90 Å². The Labute approximate surface area is 105 Å². The van der Waals surface area contributed by atoms with Crippen LogP contribution in [0.1, 0.15) is 16.1 Å². The Morgan fingerprint density at radius 1 is 1.72 bits per heavy atom. The number of ether oxygens (including phenoxy) is 1. The highest BCUT2D eigenvalue weighted by molar-refractivity contribution is 5.99. The third-order valence-electron chi connectivity index (χ3n) is 3.00. The van der Waals surface area contributed by atoms with Crippen LogP contribution in [-0.2, 0) is 4.74 Å². The number of morpholine rings is 1. The van der Waals surface area contributed by atoms with Gasteiger partial charge in [0, 0.05) is 24.1 Å². The normalized spacial score (nSPS) is 19.9. The first kappa shape index (κ1) is 12.8. The van der Waals surface area contributed by atoms with Gasteiger partial charge in [0.25, 0.3) is 5.91 Å². The van der Waals surface area contributed by atoms with Crippen LogP contribution in [0.5, 0.6) is 0 Å². The summed E-state index contributed by atoms with van der Waals surface area (Å²) < 4.78 is 5.24. The van der Waals surface area contributed by atoms with Crippen LogP contribution in [-0.4, -0.2) is 53.3 Å². The number of aliphatic hydroxyl groups is 1. The van der Waals surface area contributed by atoms with Crippen molar-refractivity contribution in [2.24, 2.45) is 0 Å². The first-order chi connectivity index (χ1) is 8.63. The molecular weight excluding hydrogens is 234 g/mol. The van der Waals surface area contributed by atoms with Gasteiger partial charge in [-0.05, 0) is 13.0 Å². The molecule has 1 saturated heterocycles. The number of hydrogen-bond donors (Lipinski definition) is 2. The molecule has 98 valence electrons. The van der Waals surface area contributed by atoms with E-state index in [-0.39, 0.29) is 18.6 Å². The lowest BCUT2D eigenvalue weighted by atomic mass is 10.1. The van der Waals surface area contributed by atoms with Gasteiger partial charge in [-0.25, -0.2) is 0 Å². The molecule has 0 aliphatic carbocycles. The van der Waals surface area contributed by atoms with E-state index in [4.69, 9.17) is 10.5 Å². The van der Waals surface area contributed by atoms with Crippen LogP contribution >= 0.6 is 0 Å². The highest BCUT2D eigenvalue weighted by atomic mass is 16.5. The van der Waals surface area contributed by atoms with Crippen molar-refractivity contribution in [3.05, 3.63) is 23.5 Å². The standard InChI is InChI=1S/C12H17N3O3/c1-8-4-11(13)10(5-14-8)12(17)15-2-3-18-7-9(15)6-16/h4-5,9,16H,2-3,6-7H2,1H3,(H2,13,14). The van der Waals surface area contributed by atoms with E-state index in [0.29, 0.717) is 31.0 Å². The molecule has 6 heteroatoms. The molecule has 6 nitrogen and oxygen atoms in total. The van der Waals surface area contributed by atoms with Crippen LogP contribution < -0.4 is 5.73 Å². The van der Waals surface area contributed by atoms with Gasteiger partial charge >= 0.3 is 0 Å². The number of hydrogen-bond acceptors (Lipinski definition) is 5. The van der Waals surface area contributed by atoms with Gasteiger partial charge in [-0.2, -0.15) is 0 Å². The lowest BCUT2D eigenvalue weighted by Gasteiger charge is -2.34. The summed E-state index contributed by atoms with van der Waals surface area (Å²) in [6.07, 6.45) is 1.48. The van der Waals surface area contributed by atoms with Crippen LogP contribution in [0.15, 0.2) is 12.3 Å². The molecule has 0 aromatic carbocycles. The highest BCUT2D eigenvalue weighted by Gasteiger charge is 2.28. The predicted octanol–water partition coefficient (Wildman–Crippen LogP) is -0.194. The fourth-order valence-corrected chi connectivity index (χ4v) is 1.99. The third-order valence-corrected chi connectivity index (χ3v) is 3.00. The van der Waals surface area contributed by atoms with Gasteiger partial charge in [0.2, 0.25) is 0 Å².